The van der Waals surface area contributed by atoms with Gasteiger partial charge in [0.2, 0.25) is 5.91 Å². The van der Waals surface area contributed by atoms with Gasteiger partial charge in [-0.2, -0.15) is 0 Å². The Hall–Kier alpha value is -5.72. The van der Waals surface area contributed by atoms with Gasteiger partial charge in [0, 0.05) is 19.2 Å². The monoisotopic (exact) mass is 614 g/mol. The molecule has 0 radical (unpaired) electrons. The average Bonchev–Trinajstić information content (AvgIpc) is 3.21. The molecule has 5 amide bonds. The maximum atomic E-state index is 13.9. The highest BCUT2D eigenvalue weighted by Gasteiger charge is 2.55. The van der Waals surface area contributed by atoms with Gasteiger partial charge in [-0.3, -0.25) is 19.9 Å². The molecule has 0 aliphatic carbocycles. The van der Waals surface area contributed by atoms with Crippen LogP contribution in [0.25, 0.3) is 0 Å². The molecule has 13 nitrogen and oxygen atoms in total. The quantitative estimate of drug-likeness (QED) is 0.136. The summed E-state index contributed by atoms with van der Waals surface area (Å²) in [4.78, 5) is 68.3. The zero-order valence-electron chi connectivity index (χ0n) is 24.8. The zero-order valence-corrected chi connectivity index (χ0v) is 24.8. The Labute approximate surface area is 259 Å². The predicted molar refractivity (Wildman–Crippen MR) is 163 cm³/mol. The highest BCUT2D eigenvalue weighted by atomic mass is 16.5. The van der Waals surface area contributed by atoms with E-state index in [1.807, 2.05) is 18.2 Å². The molecule has 1 saturated heterocycles. The number of hydrogen-bond donors (Lipinski definition) is 4. The second kappa shape index (κ2) is 13.7. The van der Waals surface area contributed by atoms with Gasteiger partial charge < -0.3 is 30.7 Å². The Kier molecular flexibility index (Phi) is 9.81. The molecule has 0 spiro atoms. The molecule has 1 unspecified atom stereocenters. The summed E-state index contributed by atoms with van der Waals surface area (Å²) >= 11 is 0. The van der Waals surface area contributed by atoms with Gasteiger partial charge in [0.1, 0.15) is 30.6 Å². The van der Waals surface area contributed by atoms with Crippen LogP contribution in [0.2, 0.25) is 0 Å². The molecule has 234 valence electrons. The predicted octanol–water partition coefficient (Wildman–Crippen LogP) is 2.49. The maximum Gasteiger partial charge on any atom is 0.408 e. The molecule has 13 heteroatoms. The number of carbonyl (C=O) groups excluding carboxylic acids is 4. The number of amidine groups is 1. The van der Waals surface area contributed by atoms with Gasteiger partial charge >= 0.3 is 18.1 Å². The van der Waals surface area contributed by atoms with E-state index in [-0.39, 0.29) is 19.0 Å². The van der Waals surface area contributed by atoms with Gasteiger partial charge in [-0.15, -0.1) is 0 Å². The van der Waals surface area contributed by atoms with E-state index in [0.29, 0.717) is 16.7 Å². The SMILES string of the molecule is CN(C[C@H](NC(=O)OCc1ccccc1)C(=O)O)C(=O)CN1C(=O)N(Cc2ccccc2)C(C)(c2ccc(C(=N)N)cc2)C1=O. The van der Waals surface area contributed by atoms with E-state index in [0.717, 1.165) is 15.4 Å². The number of ether oxygens (including phenoxy) is 1. The van der Waals surface area contributed by atoms with E-state index >= 15 is 0 Å². The van der Waals surface area contributed by atoms with Crippen LogP contribution in [-0.2, 0) is 37.8 Å². The molecule has 0 saturated carbocycles. The summed E-state index contributed by atoms with van der Waals surface area (Å²) in [6.07, 6.45) is -0.986. The molecule has 2 atom stereocenters. The number of rotatable bonds is 12. The largest absolute Gasteiger partial charge is 0.480 e. The van der Waals surface area contributed by atoms with Crippen LogP contribution in [0.4, 0.5) is 9.59 Å². The number of nitrogens with two attached hydrogens (primary N) is 1. The minimum absolute atomic E-state index is 0.0625. The summed E-state index contributed by atoms with van der Waals surface area (Å²) in [5.41, 5.74) is 6.43. The number of likely N-dealkylation sites (N-methyl/N-ethyl adjacent to an activating group) is 1. The smallest absolute Gasteiger partial charge is 0.408 e. The first-order valence-corrected chi connectivity index (χ1v) is 14.0. The van der Waals surface area contributed by atoms with Crippen molar-refractivity contribution in [3.63, 3.8) is 0 Å². The number of carboxylic acid groups (broad SMARTS) is 1. The van der Waals surface area contributed by atoms with Gasteiger partial charge in [0.25, 0.3) is 5.91 Å². The Morgan fingerprint density at radius 3 is 2.11 bits per heavy atom. The van der Waals surface area contributed by atoms with E-state index in [1.165, 1.54) is 11.9 Å². The number of aliphatic carboxylic acids is 1. The molecule has 5 N–H and O–H groups in total. The van der Waals surface area contributed by atoms with E-state index < -0.39 is 54.6 Å². The van der Waals surface area contributed by atoms with Gasteiger partial charge in [-0.1, -0.05) is 84.9 Å². The van der Waals surface area contributed by atoms with Gasteiger partial charge in [0.05, 0.1) is 6.54 Å². The Morgan fingerprint density at radius 1 is 0.978 bits per heavy atom. The number of imide groups is 1. The van der Waals surface area contributed by atoms with Crippen LogP contribution in [0, 0.1) is 5.41 Å². The standard InChI is InChI=1S/C32H34N6O7/c1-32(24-15-13-23(14-16-24)27(33)34)29(42)37(31(44)38(32)17-21-9-5-3-6-10-21)19-26(39)36(2)18-25(28(40)41)35-30(43)45-20-22-11-7-4-8-12-22/h3-16,25H,17-20H2,1-2H3,(H3,33,34)(H,35,43)(H,40,41)/t25-,32?/m0/s1. The third-order valence-corrected chi connectivity index (χ3v) is 7.58. The lowest BCUT2D eigenvalue weighted by Gasteiger charge is -2.32. The van der Waals surface area contributed by atoms with Gasteiger partial charge in [0.15, 0.2) is 0 Å². The molecule has 1 heterocycles. The van der Waals surface area contributed by atoms with Crippen LogP contribution in [-0.4, -0.2) is 81.7 Å². The van der Waals surface area contributed by atoms with E-state index in [9.17, 15) is 29.1 Å². The normalized spacial score (nSPS) is 16.7. The van der Waals surface area contributed by atoms with Crippen LogP contribution < -0.4 is 11.1 Å². The topological polar surface area (TPSA) is 186 Å². The third kappa shape index (κ3) is 7.26. The molecular weight excluding hydrogens is 580 g/mol. The fraction of sp³-hybridized carbons (Fsp3) is 0.250. The van der Waals surface area contributed by atoms with E-state index in [1.54, 1.807) is 73.7 Å². The summed E-state index contributed by atoms with van der Waals surface area (Å²) in [5.74, 6) is -2.94. The summed E-state index contributed by atoms with van der Waals surface area (Å²) in [6, 6.07) is 22.0. The molecule has 1 aliphatic rings. The average molecular weight is 615 g/mol. The third-order valence-electron chi connectivity index (χ3n) is 7.58. The molecule has 4 rings (SSSR count). The number of benzene rings is 3. The molecule has 45 heavy (non-hydrogen) atoms. The number of amides is 5. The minimum atomic E-state index is -1.52. The number of carboxylic acids is 1. The van der Waals surface area contributed by atoms with E-state index in [4.69, 9.17) is 15.9 Å². The van der Waals surface area contributed by atoms with Crippen molar-refractivity contribution < 1.29 is 33.8 Å². The van der Waals surface area contributed by atoms with Crippen molar-refractivity contribution in [2.45, 2.75) is 31.7 Å². The highest BCUT2D eigenvalue weighted by molar-refractivity contribution is 6.09. The first-order valence-electron chi connectivity index (χ1n) is 14.0. The van der Waals surface area contributed by atoms with Crippen LogP contribution in [0.1, 0.15) is 29.2 Å². The minimum Gasteiger partial charge on any atom is -0.480 e. The molecular formula is C32H34N6O7. The Morgan fingerprint density at radius 2 is 1.56 bits per heavy atom. The number of carbonyl (C=O) groups is 5. The summed E-state index contributed by atoms with van der Waals surface area (Å²) < 4.78 is 5.09. The van der Waals surface area contributed by atoms with Crippen LogP contribution in [0.3, 0.4) is 0 Å². The number of hydrogen-bond acceptors (Lipinski definition) is 7. The molecule has 1 aliphatic heterocycles. The first-order chi connectivity index (χ1) is 21.4. The van der Waals surface area contributed by atoms with Crippen LogP contribution in [0.5, 0.6) is 0 Å². The molecule has 3 aromatic carbocycles. The fourth-order valence-corrected chi connectivity index (χ4v) is 4.91. The number of alkyl carbamates (subject to hydrolysis) is 1. The van der Waals surface area contributed by atoms with Crippen molar-refractivity contribution >= 4 is 35.7 Å². The van der Waals surface area contributed by atoms with Gasteiger partial charge in [-0.25, -0.2) is 14.4 Å². The van der Waals surface area contributed by atoms with Crippen molar-refractivity contribution in [3.05, 3.63) is 107 Å². The number of nitrogens with zero attached hydrogens (tertiary/aromatic N) is 3. The second-order valence-corrected chi connectivity index (χ2v) is 10.7. The highest BCUT2D eigenvalue weighted by Crippen LogP contribution is 2.38. The lowest BCUT2D eigenvalue weighted by atomic mass is 9.89. The number of nitrogens with one attached hydrogen (secondary N) is 2. The molecule has 0 bridgehead atoms. The first kappa shape index (κ1) is 32.2. The van der Waals surface area contributed by atoms with Crippen molar-refractivity contribution in [2.75, 3.05) is 20.1 Å². The van der Waals surface area contributed by atoms with Crippen molar-refractivity contribution in [1.82, 2.24) is 20.0 Å². The molecule has 3 aromatic rings. The summed E-state index contributed by atoms with van der Waals surface area (Å²) in [6.45, 7) is 0.446. The molecule has 1 fully saturated rings. The van der Waals surface area contributed by atoms with Crippen LogP contribution >= 0.6 is 0 Å². The van der Waals surface area contributed by atoms with Crippen molar-refractivity contribution in [2.24, 2.45) is 5.73 Å². The van der Waals surface area contributed by atoms with Gasteiger partial charge in [-0.05, 0) is 23.6 Å². The van der Waals surface area contributed by atoms with Crippen molar-refractivity contribution in [3.8, 4) is 0 Å². The lowest BCUT2D eigenvalue weighted by molar-refractivity contribution is -0.142. The fourth-order valence-electron chi connectivity index (χ4n) is 4.91. The summed E-state index contributed by atoms with van der Waals surface area (Å²) in [5, 5.41) is 19.6. The zero-order chi connectivity index (χ0) is 32.7. The second-order valence-electron chi connectivity index (χ2n) is 10.7. The van der Waals surface area contributed by atoms with Crippen molar-refractivity contribution in [1.29, 1.82) is 5.41 Å². The number of nitrogen functional groups attached to an aromatic ring is 1. The van der Waals surface area contributed by atoms with E-state index in [2.05, 4.69) is 5.32 Å². The Bertz CT molecular complexity index is 1580. The summed E-state index contributed by atoms with van der Waals surface area (Å²) in [7, 11) is 1.31. The number of urea groups is 1. The van der Waals surface area contributed by atoms with Crippen LogP contribution in [0.15, 0.2) is 84.9 Å². The molecule has 0 aromatic heterocycles. The Balaban J connectivity index is 1.49. The maximum absolute atomic E-state index is 13.9. The lowest BCUT2D eigenvalue weighted by Crippen LogP contribution is -2.51.